The molecule has 0 unspecified atom stereocenters. The summed E-state index contributed by atoms with van der Waals surface area (Å²) in [6, 6.07) is 11.5. The van der Waals surface area contributed by atoms with E-state index in [-0.39, 0.29) is 36.5 Å². The number of amides is 2. The van der Waals surface area contributed by atoms with Crippen molar-refractivity contribution in [3.8, 4) is 5.75 Å². The Hall–Kier alpha value is -4.96. The maximum absolute atomic E-state index is 13.5. The molecule has 0 bridgehead atoms. The van der Waals surface area contributed by atoms with Crippen molar-refractivity contribution in [1.82, 2.24) is 35.0 Å². The number of urea groups is 1. The van der Waals surface area contributed by atoms with Crippen LogP contribution in [0.1, 0.15) is 83.1 Å². The maximum Gasteiger partial charge on any atom is 0.320 e. The van der Waals surface area contributed by atoms with Crippen LogP contribution < -0.4 is 26.0 Å². The van der Waals surface area contributed by atoms with Crippen LogP contribution in [0.2, 0.25) is 0 Å². The number of anilines is 1. The van der Waals surface area contributed by atoms with E-state index in [4.69, 9.17) is 14.7 Å². The van der Waals surface area contributed by atoms with E-state index in [1.54, 1.807) is 12.3 Å². The number of piperidine rings is 1. The number of rotatable bonds is 10. The third-order valence-corrected chi connectivity index (χ3v) is 9.92. The van der Waals surface area contributed by atoms with Crippen molar-refractivity contribution in [1.29, 1.82) is 0 Å². The van der Waals surface area contributed by atoms with Gasteiger partial charge in [-0.25, -0.2) is 9.79 Å². The van der Waals surface area contributed by atoms with Gasteiger partial charge < -0.3 is 20.7 Å². The van der Waals surface area contributed by atoms with Crippen LogP contribution in [-0.2, 0) is 20.8 Å². The summed E-state index contributed by atoms with van der Waals surface area (Å²) in [4.78, 5) is 20.4. The topological polar surface area (TPSA) is 183 Å². The van der Waals surface area contributed by atoms with Crippen molar-refractivity contribution in [2.75, 3.05) is 24.3 Å². The molecule has 3 aromatic heterocycles. The van der Waals surface area contributed by atoms with Crippen LogP contribution in [0.3, 0.4) is 0 Å². The fourth-order valence-electron chi connectivity index (χ4n) is 6.43. The lowest BCUT2D eigenvalue weighted by Crippen LogP contribution is -2.42. The summed E-state index contributed by atoms with van der Waals surface area (Å²) in [7, 11) is -3.57. The molecule has 6 rings (SSSR count). The lowest BCUT2D eigenvalue weighted by atomic mass is 9.85. The number of benzene rings is 1. The second kappa shape index (κ2) is 15.3. The molecule has 4 N–H and O–H groups in total. The lowest BCUT2D eigenvalue weighted by Gasteiger charge is -2.33. The van der Waals surface area contributed by atoms with Gasteiger partial charge in [0.25, 0.3) is 10.1 Å². The largest absolute Gasteiger partial charge is 0.484 e. The zero-order valence-corrected chi connectivity index (χ0v) is 31.1. The second-order valence-corrected chi connectivity index (χ2v) is 16.1. The van der Waals surface area contributed by atoms with Crippen LogP contribution in [0, 0.1) is 5.41 Å². The van der Waals surface area contributed by atoms with E-state index in [0.29, 0.717) is 30.3 Å². The number of aromatic nitrogens is 5. The van der Waals surface area contributed by atoms with Gasteiger partial charge in [0.2, 0.25) is 5.95 Å². The molecule has 4 aromatic rings. The number of nitrogens with zero attached hydrogens (tertiary/aromatic N) is 7. The summed E-state index contributed by atoms with van der Waals surface area (Å²) in [5.41, 5.74) is 9.72. The first-order valence-electron chi connectivity index (χ1n) is 17.6. The Morgan fingerprint density at radius 2 is 1.87 bits per heavy atom. The van der Waals surface area contributed by atoms with Crippen molar-refractivity contribution in [3.05, 3.63) is 77.9 Å². The highest BCUT2D eigenvalue weighted by Crippen LogP contribution is 2.39. The molecule has 4 heterocycles. The zero-order chi connectivity index (χ0) is 37.0. The van der Waals surface area contributed by atoms with Crippen LogP contribution in [-0.4, -0.2) is 70.1 Å². The highest BCUT2D eigenvalue weighted by Gasteiger charge is 2.30. The Kier molecular flexibility index (Phi) is 10.9. The number of nitrogens with two attached hydrogens (primary N) is 1. The third kappa shape index (κ3) is 9.09. The Balaban J connectivity index is 1.16. The van der Waals surface area contributed by atoms with E-state index >= 15 is 0 Å². The molecule has 1 aliphatic carbocycles. The molecule has 2 amide bonds. The van der Waals surface area contributed by atoms with Crippen molar-refractivity contribution < 1.29 is 22.1 Å². The SMILES string of the molecule is C[C@H]1CCCCN1c1nnc2ccc(O[C@@H]3CC[C@H](NC(=O)NC(/C=C(\N)C(C)(C)C)=Nc4cnn(CCOS(C)(=O)=O)c4)c4ccccc43)cn12. The van der Waals surface area contributed by atoms with E-state index in [0.717, 1.165) is 54.1 Å². The summed E-state index contributed by atoms with van der Waals surface area (Å²) < 4.78 is 37.6. The van der Waals surface area contributed by atoms with Crippen LogP contribution in [0.25, 0.3) is 5.65 Å². The molecule has 1 aromatic carbocycles. The van der Waals surface area contributed by atoms with E-state index in [2.05, 4.69) is 42.7 Å². The predicted molar refractivity (Wildman–Crippen MR) is 199 cm³/mol. The number of carbonyl (C=O) groups is 1. The van der Waals surface area contributed by atoms with Crippen LogP contribution in [0.5, 0.6) is 5.75 Å². The van der Waals surface area contributed by atoms with Crippen molar-refractivity contribution in [3.63, 3.8) is 0 Å². The molecule has 1 fully saturated rings. The smallest absolute Gasteiger partial charge is 0.320 e. The monoisotopic (exact) mass is 732 g/mol. The van der Waals surface area contributed by atoms with E-state index in [1.165, 1.54) is 17.3 Å². The Bertz CT molecular complexity index is 2070. The fraction of sp³-hybridized carbons (Fsp3) is 0.472. The molecule has 1 saturated heterocycles. The van der Waals surface area contributed by atoms with Crippen molar-refractivity contribution >= 4 is 39.3 Å². The molecule has 16 heteroatoms. The Morgan fingerprint density at radius 3 is 2.62 bits per heavy atom. The molecule has 2 aliphatic rings. The molecule has 0 saturated carbocycles. The quantitative estimate of drug-likeness (QED) is 0.112. The molecular formula is C36H48N10O5S. The van der Waals surface area contributed by atoms with Crippen molar-refractivity contribution in [2.45, 2.75) is 84.5 Å². The number of hydrogen-bond donors (Lipinski definition) is 3. The highest BCUT2D eigenvalue weighted by atomic mass is 32.2. The zero-order valence-electron chi connectivity index (χ0n) is 30.3. The summed E-state index contributed by atoms with van der Waals surface area (Å²) >= 11 is 0. The number of hydrogen-bond acceptors (Lipinski definition) is 11. The second-order valence-electron chi connectivity index (χ2n) is 14.4. The van der Waals surface area contributed by atoms with Gasteiger partial charge in [0.05, 0.1) is 44.0 Å². The summed E-state index contributed by atoms with van der Waals surface area (Å²) in [5, 5.41) is 19.1. The van der Waals surface area contributed by atoms with Gasteiger partial charge in [-0.15, -0.1) is 10.2 Å². The minimum atomic E-state index is -3.57. The predicted octanol–water partition coefficient (Wildman–Crippen LogP) is 5.15. The third-order valence-electron chi connectivity index (χ3n) is 9.32. The van der Waals surface area contributed by atoms with Crippen LogP contribution >= 0.6 is 0 Å². The van der Waals surface area contributed by atoms with Crippen LogP contribution in [0.4, 0.5) is 16.4 Å². The van der Waals surface area contributed by atoms with E-state index < -0.39 is 16.1 Å². The van der Waals surface area contributed by atoms with Gasteiger partial charge in [-0.1, -0.05) is 45.0 Å². The van der Waals surface area contributed by atoms with Gasteiger partial charge in [-0.2, -0.15) is 13.5 Å². The number of nitrogens with one attached hydrogen (secondary N) is 2. The minimum absolute atomic E-state index is 0.0703. The number of allylic oxidation sites excluding steroid dienone is 1. The number of ether oxygens (including phenoxy) is 1. The highest BCUT2D eigenvalue weighted by molar-refractivity contribution is 7.85. The molecule has 1 aliphatic heterocycles. The maximum atomic E-state index is 13.5. The van der Waals surface area contributed by atoms with Gasteiger partial charge in [-0.05, 0) is 62.3 Å². The number of aliphatic imine (C=N–C) groups is 1. The summed E-state index contributed by atoms with van der Waals surface area (Å²) in [6.45, 7) is 9.21. The minimum Gasteiger partial charge on any atom is -0.484 e. The molecule has 278 valence electrons. The summed E-state index contributed by atoms with van der Waals surface area (Å²) in [5.74, 6) is 1.78. The van der Waals surface area contributed by atoms with Gasteiger partial charge >= 0.3 is 6.03 Å². The number of carbonyl (C=O) groups excluding carboxylic acids is 1. The molecule has 3 atom stereocenters. The van der Waals surface area contributed by atoms with Gasteiger partial charge in [0, 0.05) is 29.8 Å². The summed E-state index contributed by atoms with van der Waals surface area (Å²) in [6.07, 6.45) is 12.3. The first-order chi connectivity index (χ1) is 24.7. The van der Waals surface area contributed by atoms with Crippen LogP contribution in [0.15, 0.2) is 71.8 Å². The first kappa shape index (κ1) is 36.8. The lowest BCUT2D eigenvalue weighted by molar-refractivity contribution is 0.171. The molecule has 52 heavy (non-hydrogen) atoms. The molecular weight excluding hydrogens is 685 g/mol. The van der Waals surface area contributed by atoms with Gasteiger partial charge in [0.1, 0.15) is 23.4 Å². The Labute approximate surface area is 304 Å². The standard InChI is InChI=1S/C36H48N10O5S/c1-24-10-8-9-17-45(24)35-43-42-33-16-13-26(23-46(33)35)51-30-15-14-29(27-11-6-7-12-28(27)30)40-34(47)41-32(20-31(37)36(2,3)4)39-25-21-38-44(22-25)18-19-50-52(5,48)49/h6-7,11-13,16,20-24,29-30H,8-10,14-15,17-19,37H2,1-5H3,(H2,39,40,41,47)/b31-20-/t24-,29-,30+/m0/s1. The van der Waals surface area contributed by atoms with E-state index in [9.17, 15) is 13.2 Å². The average Bonchev–Trinajstić information content (AvgIpc) is 3.71. The Morgan fingerprint density at radius 1 is 1.08 bits per heavy atom. The van der Waals surface area contributed by atoms with E-state index in [1.807, 2.05) is 67.8 Å². The molecule has 15 nitrogen and oxygen atoms in total. The molecule has 0 spiro atoms. The van der Waals surface area contributed by atoms with Gasteiger partial charge in [-0.3, -0.25) is 18.6 Å². The normalized spacial score (nSPS) is 20.1. The van der Waals surface area contributed by atoms with Crippen molar-refractivity contribution in [2.24, 2.45) is 16.1 Å². The number of pyridine rings is 1. The van der Waals surface area contributed by atoms with Gasteiger partial charge in [0.15, 0.2) is 5.65 Å². The average molecular weight is 733 g/mol. The number of amidine groups is 1. The molecule has 0 radical (unpaired) electrons. The fourth-order valence-corrected chi connectivity index (χ4v) is 6.81. The number of fused-ring (bicyclic) bond motifs is 2. The first-order valence-corrected chi connectivity index (χ1v) is 19.4.